The van der Waals surface area contributed by atoms with Crippen molar-refractivity contribution >= 4 is 17.6 Å². The molecule has 0 heterocycles. The molecule has 0 unspecified atom stereocenters. The molecule has 2 rings (SSSR count). The lowest BCUT2D eigenvalue weighted by atomic mass is 10.1. The topological polar surface area (TPSA) is 70.2 Å². The van der Waals surface area contributed by atoms with Crippen molar-refractivity contribution in [3.63, 3.8) is 0 Å². The van der Waals surface area contributed by atoms with Gasteiger partial charge in [-0.05, 0) is 35.7 Å². The molecule has 0 aliphatic heterocycles. The third-order valence-electron chi connectivity index (χ3n) is 3.37. The first kappa shape index (κ1) is 17.5. The predicted molar refractivity (Wildman–Crippen MR) is 95.9 cm³/mol. The summed E-state index contributed by atoms with van der Waals surface area (Å²) in [7, 11) is 0. The van der Waals surface area contributed by atoms with E-state index >= 15 is 0 Å². The van der Waals surface area contributed by atoms with E-state index < -0.39 is 0 Å². The van der Waals surface area contributed by atoms with Crippen LogP contribution in [0, 0.1) is 5.92 Å². The second-order valence-electron chi connectivity index (χ2n) is 5.97. The molecule has 0 aliphatic carbocycles. The van der Waals surface area contributed by atoms with Crippen molar-refractivity contribution in [3.05, 3.63) is 65.7 Å². The summed E-state index contributed by atoms with van der Waals surface area (Å²) in [6.45, 7) is 5.19. The molecule has 2 aromatic carbocycles. The highest BCUT2D eigenvalue weighted by Gasteiger charge is 2.07. The van der Waals surface area contributed by atoms with Gasteiger partial charge in [0.2, 0.25) is 0 Å². The SMILES string of the molecule is CC(C)CNC(=O)c1ccc(NC(=O)NCc2ccccc2)cc1. The van der Waals surface area contributed by atoms with Gasteiger partial charge in [-0.2, -0.15) is 0 Å². The number of amides is 3. The van der Waals surface area contributed by atoms with Crippen LogP contribution < -0.4 is 16.0 Å². The Balaban J connectivity index is 1.82. The Morgan fingerprint density at radius 2 is 1.58 bits per heavy atom. The monoisotopic (exact) mass is 325 g/mol. The number of rotatable bonds is 6. The lowest BCUT2D eigenvalue weighted by molar-refractivity contribution is 0.0949. The van der Waals surface area contributed by atoms with Crippen LogP contribution in [0.15, 0.2) is 54.6 Å². The summed E-state index contributed by atoms with van der Waals surface area (Å²) in [4.78, 5) is 23.8. The van der Waals surface area contributed by atoms with E-state index in [1.165, 1.54) is 0 Å². The molecule has 3 amide bonds. The average Bonchev–Trinajstić information content (AvgIpc) is 2.59. The first-order valence-electron chi connectivity index (χ1n) is 8.01. The van der Waals surface area contributed by atoms with Crippen molar-refractivity contribution in [2.45, 2.75) is 20.4 Å². The van der Waals surface area contributed by atoms with E-state index in [0.717, 1.165) is 5.56 Å². The molecule has 2 aromatic rings. The number of urea groups is 1. The second-order valence-corrected chi connectivity index (χ2v) is 5.97. The summed E-state index contributed by atoms with van der Waals surface area (Å²) in [5.41, 5.74) is 2.25. The molecule has 0 saturated carbocycles. The van der Waals surface area contributed by atoms with E-state index in [9.17, 15) is 9.59 Å². The minimum Gasteiger partial charge on any atom is -0.352 e. The summed E-state index contributed by atoms with van der Waals surface area (Å²) in [5, 5.41) is 8.39. The number of hydrogen-bond donors (Lipinski definition) is 3. The molecule has 5 nitrogen and oxygen atoms in total. The molecule has 0 spiro atoms. The van der Waals surface area contributed by atoms with Gasteiger partial charge in [0, 0.05) is 24.3 Å². The zero-order valence-corrected chi connectivity index (χ0v) is 14.0. The maximum absolute atomic E-state index is 11.9. The first-order valence-corrected chi connectivity index (χ1v) is 8.01. The van der Waals surface area contributed by atoms with Crippen LogP contribution in [0.2, 0.25) is 0 Å². The number of anilines is 1. The van der Waals surface area contributed by atoms with E-state index in [-0.39, 0.29) is 11.9 Å². The van der Waals surface area contributed by atoms with Gasteiger partial charge in [-0.15, -0.1) is 0 Å². The van der Waals surface area contributed by atoms with Crippen LogP contribution in [0.5, 0.6) is 0 Å². The Labute approximate surface area is 142 Å². The molecule has 0 saturated heterocycles. The van der Waals surface area contributed by atoms with Gasteiger partial charge in [-0.1, -0.05) is 44.2 Å². The van der Waals surface area contributed by atoms with Gasteiger partial charge >= 0.3 is 6.03 Å². The number of nitrogens with one attached hydrogen (secondary N) is 3. The van der Waals surface area contributed by atoms with Crippen LogP contribution in [0.4, 0.5) is 10.5 Å². The summed E-state index contributed by atoms with van der Waals surface area (Å²) >= 11 is 0. The molecular weight excluding hydrogens is 302 g/mol. The van der Waals surface area contributed by atoms with Crippen LogP contribution in [-0.2, 0) is 6.54 Å². The van der Waals surface area contributed by atoms with Gasteiger partial charge in [-0.25, -0.2) is 4.79 Å². The summed E-state index contributed by atoms with van der Waals surface area (Å²) < 4.78 is 0. The fourth-order valence-corrected chi connectivity index (χ4v) is 2.06. The van der Waals surface area contributed by atoms with Gasteiger partial charge in [0.1, 0.15) is 0 Å². The minimum absolute atomic E-state index is 0.108. The quantitative estimate of drug-likeness (QED) is 0.762. The molecule has 24 heavy (non-hydrogen) atoms. The zero-order valence-electron chi connectivity index (χ0n) is 14.0. The van der Waals surface area contributed by atoms with Gasteiger partial charge < -0.3 is 16.0 Å². The smallest absolute Gasteiger partial charge is 0.319 e. The maximum atomic E-state index is 11.9. The highest BCUT2D eigenvalue weighted by atomic mass is 16.2. The Hall–Kier alpha value is -2.82. The van der Waals surface area contributed by atoms with Crippen molar-refractivity contribution in [1.82, 2.24) is 10.6 Å². The molecule has 0 aliphatic rings. The molecule has 5 heteroatoms. The molecule has 0 aromatic heterocycles. The number of hydrogen-bond acceptors (Lipinski definition) is 2. The number of carbonyl (C=O) groups is 2. The molecular formula is C19H23N3O2. The summed E-state index contributed by atoms with van der Waals surface area (Å²) in [6, 6.07) is 16.2. The van der Waals surface area contributed by atoms with E-state index in [0.29, 0.717) is 30.3 Å². The lowest BCUT2D eigenvalue weighted by Gasteiger charge is -2.10. The fraction of sp³-hybridized carbons (Fsp3) is 0.263. The Kier molecular flexibility index (Phi) is 6.37. The van der Waals surface area contributed by atoms with Crippen LogP contribution in [-0.4, -0.2) is 18.5 Å². The number of benzene rings is 2. The standard InChI is InChI=1S/C19H23N3O2/c1-14(2)12-20-18(23)16-8-10-17(11-9-16)22-19(24)21-13-15-6-4-3-5-7-15/h3-11,14H,12-13H2,1-2H3,(H,20,23)(H2,21,22,24). The van der Waals surface area contributed by atoms with E-state index in [1.54, 1.807) is 24.3 Å². The fourth-order valence-electron chi connectivity index (χ4n) is 2.06. The van der Waals surface area contributed by atoms with Crippen LogP contribution in [0.3, 0.4) is 0 Å². The number of carbonyl (C=O) groups excluding carboxylic acids is 2. The van der Waals surface area contributed by atoms with E-state index in [2.05, 4.69) is 16.0 Å². The van der Waals surface area contributed by atoms with Crippen LogP contribution >= 0.6 is 0 Å². The maximum Gasteiger partial charge on any atom is 0.319 e. The minimum atomic E-state index is -0.282. The third kappa shape index (κ3) is 5.76. The third-order valence-corrected chi connectivity index (χ3v) is 3.37. The Morgan fingerprint density at radius 3 is 2.21 bits per heavy atom. The normalized spacial score (nSPS) is 10.3. The van der Waals surface area contributed by atoms with Crippen molar-refractivity contribution in [2.75, 3.05) is 11.9 Å². The van der Waals surface area contributed by atoms with Gasteiger partial charge in [0.25, 0.3) is 5.91 Å². The average molecular weight is 325 g/mol. The largest absolute Gasteiger partial charge is 0.352 e. The lowest BCUT2D eigenvalue weighted by Crippen LogP contribution is -2.28. The van der Waals surface area contributed by atoms with Crippen molar-refractivity contribution in [3.8, 4) is 0 Å². The molecule has 3 N–H and O–H groups in total. The second kappa shape index (κ2) is 8.72. The van der Waals surface area contributed by atoms with Crippen LogP contribution in [0.25, 0.3) is 0 Å². The van der Waals surface area contributed by atoms with Crippen molar-refractivity contribution in [1.29, 1.82) is 0 Å². The summed E-state index contributed by atoms with van der Waals surface area (Å²) in [5.74, 6) is 0.298. The first-order chi connectivity index (χ1) is 11.5. The molecule has 126 valence electrons. The van der Waals surface area contributed by atoms with Crippen molar-refractivity contribution < 1.29 is 9.59 Å². The molecule has 0 fully saturated rings. The highest BCUT2D eigenvalue weighted by Crippen LogP contribution is 2.09. The Bertz CT molecular complexity index is 667. The molecule has 0 atom stereocenters. The highest BCUT2D eigenvalue weighted by molar-refractivity contribution is 5.95. The van der Waals surface area contributed by atoms with Crippen LogP contribution in [0.1, 0.15) is 29.8 Å². The summed E-state index contributed by atoms with van der Waals surface area (Å²) in [6.07, 6.45) is 0. The predicted octanol–water partition coefficient (Wildman–Crippen LogP) is 3.39. The van der Waals surface area contributed by atoms with E-state index in [1.807, 2.05) is 44.2 Å². The van der Waals surface area contributed by atoms with Gasteiger partial charge in [0.15, 0.2) is 0 Å². The molecule has 0 radical (unpaired) electrons. The Morgan fingerprint density at radius 1 is 0.917 bits per heavy atom. The van der Waals surface area contributed by atoms with Crippen molar-refractivity contribution in [2.24, 2.45) is 5.92 Å². The van der Waals surface area contributed by atoms with E-state index in [4.69, 9.17) is 0 Å². The van der Waals surface area contributed by atoms with Gasteiger partial charge in [-0.3, -0.25) is 4.79 Å². The molecule has 0 bridgehead atoms. The zero-order chi connectivity index (χ0) is 17.4. The van der Waals surface area contributed by atoms with Gasteiger partial charge in [0.05, 0.1) is 0 Å².